The number of carbonyl (C=O) groups excluding carboxylic acids is 1. The van der Waals surface area contributed by atoms with Crippen LogP contribution in [0.5, 0.6) is 0 Å². The van der Waals surface area contributed by atoms with Gasteiger partial charge in [-0.25, -0.2) is 0 Å². The highest BCUT2D eigenvalue weighted by molar-refractivity contribution is 5.99. The summed E-state index contributed by atoms with van der Waals surface area (Å²) in [6, 6.07) is 0. The van der Waals surface area contributed by atoms with Gasteiger partial charge in [-0.05, 0) is 31.6 Å². The number of aliphatic hydroxyl groups is 1. The van der Waals surface area contributed by atoms with E-state index < -0.39 is 0 Å². The molecule has 4 bridgehead atoms. The van der Waals surface area contributed by atoms with Crippen LogP contribution in [-0.2, 0) is 4.79 Å². The van der Waals surface area contributed by atoms with E-state index in [0.717, 1.165) is 31.3 Å². The summed E-state index contributed by atoms with van der Waals surface area (Å²) in [5, 5.41) is 9.66. The van der Waals surface area contributed by atoms with Gasteiger partial charge in [0.25, 0.3) is 0 Å². The van der Waals surface area contributed by atoms with Crippen molar-refractivity contribution in [2.45, 2.75) is 25.7 Å². The third kappa shape index (κ3) is 0.637. The molecular weight excluding hydrogens is 152 g/mol. The maximum absolute atomic E-state index is 11.6. The maximum atomic E-state index is 11.6. The number of hydrogen-bond donors (Lipinski definition) is 1. The molecule has 3 atom stereocenters. The molecule has 0 spiro atoms. The van der Waals surface area contributed by atoms with Crippen LogP contribution in [0.2, 0.25) is 0 Å². The van der Waals surface area contributed by atoms with Crippen molar-refractivity contribution in [2.75, 3.05) is 0 Å². The highest BCUT2D eigenvalue weighted by atomic mass is 16.3. The van der Waals surface area contributed by atoms with E-state index in [1.165, 1.54) is 0 Å². The van der Waals surface area contributed by atoms with Gasteiger partial charge in [-0.1, -0.05) is 0 Å². The minimum absolute atomic E-state index is 0.250. The summed E-state index contributed by atoms with van der Waals surface area (Å²) in [6.07, 6.45) is 3.99. The lowest BCUT2D eigenvalue weighted by Crippen LogP contribution is -2.41. The molecule has 0 amide bonds. The van der Waals surface area contributed by atoms with Gasteiger partial charge in [0.2, 0.25) is 0 Å². The number of rotatable bonds is 0. The van der Waals surface area contributed by atoms with E-state index in [9.17, 15) is 9.90 Å². The Bertz CT molecular complexity index is 290. The van der Waals surface area contributed by atoms with Crippen LogP contribution >= 0.6 is 0 Å². The Hall–Kier alpha value is -0.790. The summed E-state index contributed by atoms with van der Waals surface area (Å²) in [5.74, 6) is 2.01. The summed E-state index contributed by atoms with van der Waals surface area (Å²) >= 11 is 0. The second-order valence-corrected chi connectivity index (χ2v) is 4.40. The Balaban J connectivity index is 2.15. The minimum atomic E-state index is 0.250. The summed E-state index contributed by atoms with van der Waals surface area (Å²) in [4.78, 5) is 11.6. The second-order valence-electron chi connectivity index (χ2n) is 4.40. The zero-order valence-electron chi connectivity index (χ0n) is 6.92. The first kappa shape index (κ1) is 6.70. The lowest BCUT2D eigenvalue weighted by Gasteiger charge is -2.44. The molecule has 4 rings (SSSR count). The van der Waals surface area contributed by atoms with Crippen LogP contribution < -0.4 is 0 Å². The Kier molecular flexibility index (Phi) is 1.07. The van der Waals surface area contributed by atoms with Crippen molar-refractivity contribution in [3.63, 3.8) is 0 Å². The fourth-order valence-electron chi connectivity index (χ4n) is 3.15. The highest BCUT2D eigenvalue weighted by Gasteiger charge is 2.46. The Labute approximate surface area is 71.3 Å². The summed E-state index contributed by atoms with van der Waals surface area (Å²) in [7, 11) is 0. The molecule has 0 aromatic heterocycles. The number of carbonyl (C=O) groups is 1. The van der Waals surface area contributed by atoms with E-state index in [2.05, 4.69) is 0 Å². The average Bonchev–Trinajstić information content (AvgIpc) is 2.07. The standard InChI is InChI=1S/C10H12O2/c11-9-6-1-5-2-7(4-6)10(12)8(9)3-5/h5-7,11H,1-4H2/t5-,6+,7-/m0/s1. The average molecular weight is 164 g/mol. The van der Waals surface area contributed by atoms with Crippen LogP contribution in [0, 0.1) is 17.8 Å². The zero-order valence-corrected chi connectivity index (χ0v) is 6.92. The molecule has 0 saturated heterocycles. The van der Waals surface area contributed by atoms with Gasteiger partial charge in [-0.2, -0.15) is 0 Å². The highest BCUT2D eigenvalue weighted by Crippen LogP contribution is 2.50. The normalized spacial score (nSPS) is 44.3. The molecule has 0 aromatic rings. The molecule has 1 N–H and O–H groups in total. The molecule has 0 aromatic carbocycles. The van der Waals surface area contributed by atoms with Crippen LogP contribution in [0.1, 0.15) is 25.7 Å². The topological polar surface area (TPSA) is 37.3 Å². The number of allylic oxidation sites excluding steroid dienone is 2. The van der Waals surface area contributed by atoms with E-state index in [-0.39, 0.29) is 11.7 Å². The van der Waals surface area contributed by atoms with Gasteiger partial charge in [0.15, 0.2) is 5.78 Å². The molecule has 4 aliphatic rings. The van der Waals surface area contributed by atoms with Crippen molar-refractivity contribution in [1.82, 2.24) is 0 Å². The number of hydrogen-bond acceptors (Lipinski definition) is 2. The monoisotopic (exact) mass is 164 g/mol. The molecule has 0 radical (unpaired) electrons. The van der Waals surface area contributed by atoms with Gasteiger partial charge in [0, 0.05) is 17.4 Å². The molecular formula is C10H12O2. The van der Waals surface area contributed by atoms with E-state index in [4.69, 9.17) is 0 Å². The first-order valence-electron chi connectivity index (χ1n) is 4.72. The third-order valence-electron chi connectivity index (χ3n) is 3.66. The number of Topliss-reactive ketones (excluding diaryl/α,β-unsaturated/α-hetero) is 1. The van der Waals surface area contributed by atoms with Crippen LogP contribution in [0.15, 0.2) is 11.3 Å². The van der Waals surface area contributed by atoms with Crippen LogP contribution in [-0.4, -0.2) is 10.9 Å². The van der Waals surface area contributed by atoms with Crippen molar-refractivity contribution in [2.24, 2.45) is 17.8 Å². The largest absolute Gasteiger partial charge is 0.512 e. The lowest BCUT2D eigenvalue weighted by atomic mass is 9.60. The molecule has 0 aliphatic heterocycles. The van der Waals surface area contributed by atoms with Crippen LogP contribution in [0.25, 0.3) is 0 Å². The van der Waals surface area contributed by atoms with Crippen molar-refractivity contribution in [1.29, 1.82) is 0 Å². The summed E-state index contributed by atoms with van der Waals surface area (Å²) < 4.78 is 0. The smallest absolute Gasteiger partial charge is 0.165 e. The van der Waals surface area contributed by atoms with Gasteiger partial charge < -0.3 is 5.11 Å². The predicted molar refractivity (Wildman–Crippen MR) is 43.6 cm³/mol. The van der Waals surface area contributed by atoms with Crippen molar-refractivity contribution in [3.8, 4) is 0 Å². The number of ketones is 1. The molecule has 64 valence electrons. The predicted octanol–water partition coefficient (Wildman–Crippen LogP) is 1.82. The molecule has 12 heavy (non-hydrogen) atoms. The lowest BCUT2D eigenvalue weighted by molar-refractivity contribution is -0.125. The molecule has 2 heteroatoms. The van der Waals surface area contributed by atoms with E-state index in [0.29, 0.717) is 17.6 Å². The molecule has 2 saturated carbocycles. The second kappa shape index (κ2) is 1.93. The summed E-state index contributed by atoms with van der Waals surface area (Å²) in [6.45, 7) is 0. The van der Waals surface area contributed by atoms with E-state index in [1.807, 2.05) is 0 Å². The van der Waals surface area contributed by atoms with Crippen molar-refractivity contribution in [3.05, 3.63) is 11.3 Å². The van der Waals surface area contributed by atoms with Gasteiger partial charge in [-0.15, -0.1) is 0 Å². The number of aliphatic hydroxyl groups excluding tert-OH is 1. The third-order valence-corrected chi connectivity index (χ3v) is 3.66. The van der Waals surface area contributed by atoms with Crippen LogP contribution in [0.4, 0.5) is 0 Å². The van der Waals surface area contributed by atoms with Crippen molar-refractivity contribution >= 4 is 5.78 Å². The molecule has 2 fully saturated rings. The quantitative estimate of drug-likeness (QED) is 0.593. The first-order chi connectivity index (χ1) is 5.75. The molecule has 0 unspecified atom stereocenters. The summed E-state index contributed by atoms with van der Waals surface area (Å²) in [5.41, 5.74) is 0.777. The van der Waals surface area contributed by atoms with E-state index >= 15 is 0 Å². The maximum Gasteiger partial charge on any atom is 0.165 e. The van der Waals surface area contributed by atoms with Gasteiger partial charge >= 0.3 is 0 Å². The van der Waals surface area contributed by atoms with Gasteiger partial charge in [-0.3, -0.25) is 4.79 Å². The fraction of sp³-hybridized carbons (Fsp3) is 0.700. The molecule has 2 nitrogen and oxygen atoms in total. The van der Waals surface area contributed by atoms with Crippen molar-refractivity contribution < 1.29 is 9.90 Å². The molecule has 4 aliphatic carbocycles. The Morgan fingerprint density at radius 1 is 1.17 bits per heavy atom. The van der Waals surface area contributed by atoms with Gasteiger partial charge in [0.05, 0.1) is 0 Å². The van der Waals surface area contributed by atoms with E-state index in [1.54, 1.807) is 0 Å². The SMILES string of the molecule is O=C1C2=C(O)[C@@H]3C[C@H](C2)C[C@H]1C3. The fourth-order valence-corrected chi connectivity index (χ4v) is 3.15. The minimum Gasteiger partial charge on any atom is -0.512 e. The van der Waals surface area contributed by atoms with Gasteiger partial charge in [0.1, 0.15) is 5.76 Å². The van der Waals surface area contributed by atoms with Crippen LogP contribution in [0.3, 0.4) is 0 Å². The Morgan fingerprint density at radius 2 is 1.92 bits per heavy atom. The molecule has 0 heterocycles. The Morgan fingerprint density at radius 3 is 2.75 bits per heavy atom. The zero-order chi connectivity index (χ0) is 8.29. The first-order valence-corrected chi connectivity index (χ1v) is 4.72.